The zero-order valence-corrected chi connectivity index (χ0v) is 11.6. The van der Waals surface area contributed by atoms with Crippen LogP contribution >= 0.6 is 0 Å². The zero-order valence-electron chi connectivity index (χ0n) is 11.6. The summed E-state index contributed by atoms with van der Waals surface area (Å²) < 4.78 is 0. The number of aliphatic imine (C=N–C) groups is 1. The van der Waals surface area contributed by atoms with Crippen LogP contribution in [0.1, 0.15) is 31.2 Å². The van der Waals surface area contributed by atoms with Gasteiger partial charge in [0.25, 0.3) is 5.69 Å². The van der Waals surface area contributed by atoms with Gasteiger partial charge in [0, 0.05) is 24.9 Å². The molecule has 21 heavy (non-hydrogen) atoms. The maximum absolute atomic E-state index is 10.9. The summed E-state index contributed by atoms with van der Waals surface area (Å²) in [6.07, 6.45) is 4.97. The van der Waals surface area contributed by atoms with Crippen molar-refractivity contribution in [1.29, 1.82) is 0 Å². The van der Waals surface area contributed by atoms with Crippen LogP contribution in [0.4, 0.5) is 5.69 Å². The molecule has 1 N–H and O–H groups in total. The molecule has 1 aromatic carbocycles. The third-order valence-corrected chi connectivity index (χ3v) is 3.90. The second kappa shape index (κ2) is 6.97. The Balaban J connectivity index is 1.80. The highest BCUT2D eigenvalue weighted by atomic mass is 16.6. The maximum atomic E-state index is 10.9. The summed E-state index contributed by atoms with van der Waals surface area (Å²) in [4.78, 5) is 25.3. The quantitative estimate of drug-likeness (QED) is 0.512. The van der Waals surface area contributed by atoms with E-state index in [-0.39, 0.29) is 11.6 Å². The molecule has 6 heteroatoms. The molecule has 2 rings (SSSR count). The highest BCUT2D eigenvalue weighted by molar-refractivity contribution is 5.79. The van der Waals surface area contributed by atoms with E-state index in [1.165, 1.54) is 12.1 Å². The van der Waals surface area contributed by atoms with Crippen LogP contribution in [0.25, 0.3) is 0 Å². The number of hydrogen-bond donors (Lipinski definition) is 1. The average Bonchev–Trinajstić information content (AvgIpc) is 2.48. The lowest BCUT2D eigenvalue weighted by Crippen LogP contribution is -2.22. The average molecular weight is 290 g/mol. The Morgan fingerprint density at radius 2 is 1.90 bits per heavy atom. The molecule has 0 unspecified atom stereocenters. The second-order valence-electron chi connectivity index (χ2n) is 5.40. The first kappa shape index (κ1) is 15.2. The van der Waals surface area contributed by atoms with Gasteiger partial charge in [-0.05, 0) is 49.3 Å². The molecule has 0 atom stereocenters. The van der Waals surface area contributed by atoms with Crippen molar-refractivity contribution in [2.75, 3.05) is 6.54 Å². The van der Waals surface area contributed by atoms with Gasteiger partial charge in [0.15, 0.2) is 0 Å². The van der Waals surface area contributed by atoms with Gasteiger partial charge in [-0.15, -0.1) is 0 Å². The highest BCUT2D eigenvalue weighted by Gasteiger charge is 2.25. The Kier molecular flexibility index (Phi) is 5.03. The molecule has 1 fully saturated rings. The Hall–Kier alpha value is -2.24. The minimum absolute atomic E-state index is 0.0687. The number of carbonyl (C=O) groups is 1. The standard InChI is InChI=1S/C15H18N2O4/c18-15(19)13-5-1-11(2-6-13)9-16-10-12-3-7-14(8-4-12)17(20)21/h3-4,7-8,10-11,13H,1-2,5-6,9H2,(H,18,19)/t11-,13-. The zero-order chi connectivity index (χ0) is 15.2. The molecule has 0 spiro atoms. The first-order chi connectivity index (χ1) is 10.1. The van der Waals surface area contributed by atoms with Crippen LogP contribution in [0.5, 0.6) is 0 Å². The smallest absolute Gasteiger partial charge is 0.306 e. The van der Waals surface area contributed by atoms with Gasteiger partial charge in [-0.1, -0.05) is 0 Å². The van der Waals surface area contributed by atoms with Crippen molar-refractivity contribution in [2.24, 2.45) is 16.8 Å². The SMILES string of the molecule is O=C(O)[C@H]1CC[C@H](CN=Cc2ccc([N+](=O)[O-])cc2)CC1. The highest BCUT2D eigenvalue weighted by Crippen LogP contribution is 2.29. The largest absolute Gasteiger partial charge is 0.481 e. The van der Waals surface area contributed by atoms with Crippen LogP contribution < -0.4 is 0 Å². The normalized spacial score (nSPS) is 22.3. The van der Waals surface area contributed by atoms with E-state index in [2.05, 4.69) is 4.99 Å². The van der Waals surface area contributed by atoms with Gasteiger partial charge in [0.2, 0.25) is 0 Å². The van der Waals surface area contributed by atoms with Crippen molar-refractivity contribution in [3.63, 3.8) is 0 Å². The monoisotopic (exact) mass is 290 g/mol. The minimum Gasteiger partial charge on any atom is -0.481 e. The molecule has 0 heterocycles. The van der Waals surface area contributed by atoms with Gasteiger partial charge in [0.1, 0.15) is 0 Å². The molecule has 1 aromatic rings. The molecule has 6 nitrogen and oxygen atoms in total. The number of nitro benzene ring substituents is 1. The van der Waals surface area contributed by atoms with Crippen molar-refractivity contribution in [3.8, 4) is 0 Å². The molecular formula is C15H18N2O4. The van der Waals surface area contributed by atoms with Crippen molar-refractivity contribution in [2.45, 2.75) is 25.7 Å². The number of carboxylic acid groups (broad SMARTS) is 1. The fraction of sp³-hybridized carbons (Fsp3) is 0.467. The lowest BCUT2D eigenvalue weighted by Gasteiger charge is -2.24. The van der Waals surface area contributed by atoms with Gasteiger partial charge >= 0.3 is 5.97 Å². The van der Waals surface area contributed by atoms with Crippen LogP contribution in [0.3, 0.4) is 0 Å². The molecule has 0 aromatic heterocycles. The summed E-state index contributed by atoms with van der Waals surface area (Å²) in [5.74, 6) is -0.447. The van der Waals surface area contributed by atoms with Crippen LogP contribution in [0.15, 0.2) is 29.3 Å². The number of hydrogen-bond acceptors (Lipinski definition) is 4. The number of nitrogens with zero attached hydrogens (tertiary/aromatic N) is 2. The second-order valence-corrected chi connectivity index (χ2v) is 5.40. The summed E-state index contributed by atoms with van der Waals surface area (Å²) >= 11 is 0. The Morgan fingerprint density at radius 3 is 2.43 bits per heavy atom. The molecule has 0 bridgehead atoms. The Morgan fingerprint density at radius 1 is 1.29 bits per heavy atom. The van der Waals surface area contributed by atoms with Crippen molar-refractivity contribution in [3.05, 3.63) is 39.9 Å². The summed E-state index contributed by atoms with van der Waals surface area (Å²) in [5.41, 5.74) is 0.902. The van der Waals surface area contributed by atoms with Gasteiger partial charge in [0.05, 0.1) is 10.8 Å². The number of non-ortho nitro benzene ring substituents is 1. The topological polar surface area (TPSA) is 92.8 Å². The van der Waals surface area contributed by atoms with E-state index in [0.29, 0.717) is 12.5 Å². The van der Waals surface area contributed by atoms with E-state index >= 15 is 0 Å². The molecule has 0 aliphatic heterocycles. The lowest BCUT2D eigenvalue weighted by atomic mass is 9.82. The van der Waals surface area contributed by atoms with Crippen LogP contribution in [0, 0.1) is 22.0 Å². The Bertz CT molecular complexity index is 531. The molecule has 0 radical (unpaired) electrons. The fourth-order valence-electron chi connectivity index (χ4n) is 2.58. The minimum atomic E-state index is -0.692. The van der Waals surface area contributed by atoms with Crippen molar-refractivity contribution < 1.29 is 14.8 Å². The number of benzene rings is 1. The number of nitro groups is 1. The molecule has 1 aliphatic carbocycles. The van der Waals surface area contributed by atoms with E-state index < -0.39 is 10.9 Å². The van der Waals surface area contributed by atoms with E-state index in [9.17, 15) is 14.9 Å². The van der Waals surface area contributed by atoms with Crippen LogP contribution in [-0.2, 0) is 4.79 Å². The third kappa shape index (κ3) is 4.37. The molecule has 112 valence electrons. The summed E-state index contributed by atoms with van der Waals surface area (Å²) in [6, 6.07) is 6.25. The molecule has 1 aliphatic rings. The predicted octanol–water partition coefficient (Wildman–Crippen LogP) is 2.90. The maximum Gasteiger partial charge on any atom is 0.306 e. The summed E-state index contributed by atoms with van der Waals surface area (Å²) in [7, 11) is 0. The number of aliphatic carboxylic acids is 1. The van der Waals surface area contributed by atoms with Crippen molar-refractivity contribution in [1.82, 2.24) is 0 Å². The lowest BCUT2D eigenvalue weighted by molar-refractivity contribution is -0.384. The van der Waals surface area contributed by atoms with Crippen LogP contribution in [0.2, 0.25) is 0 Å². The van der Waals surface area contributed by atoms with Gasteiger partial charge in [-0.25, -0.2) is 0 Å². The molecule has 1 saturated carbocycles. The van der Waals surface area contributed by atoms with Crippen LogP contribution in [-0.4, -0.2) is 28.8 Å². The Labute approximate surface area is 122 Å². The van der Waals surface area contributed by atoms with E-state index in [4.69, 9.17) is 5.11 Å². The van der Waals surface area contributed by atoms with Gasteiger partial charge in [-0.3, -0.25) is 19.9 Å². The van der Waals surface area contributed by atoms with E-state index in [1.807, 2.05) is 0 Å². The van der Waals surface area contributed by atoms with E-state index in [1.54, 1.807) is 18.3 Å². The summed E-state index contributed by atoms with van der Waals surface area (Å²) in [5, 5.41) is 19.5. The van der Waals surface area contributed by atoms with Gasteiger partial charge in [-0.2, -0.15) is 0 Å². The first-order valence-electron chi connectivity index (χ1n) is 7.03. The fourth-order valence-corrected chi connectivity index (χ4v) is 2.58. The van der Waals surface area contributed by atoms with E-state index in [0.717, 1.165) is 31.2 Å². The van der Waals surface area contributed by atoms with Gasteiger partial charge < -0.3 is 5.11 Å². The number of rotatable bonds is 5. The number of carboxylic acids is 1. The summed E-state index contributed by atoms with van der Waals surface area (Å²) in [6.45, 7) is 0.684. The molecular weight excluding hydrogens is 272 g/mol. The predicted molar refractivity (Wildman–Crippen MR) is 78.6 cm³/mol. The van der Waals surface area contributed by atoms with Crippen molar-refractivity contribution >= 4 is 17.9 Å². The molecule has 0 amide bonds. The first-order valence-corrected chi connectivity index (χ1v) is 7.03. The molecule has 0 saturated heterocycles. The third-order valence-electron chi connectivity index (χ3n) is 3.90.